The number of hydrogen-bond donors (Lipinski definition) is 0. The number of fused-ring (bicyclic) bond motifs is 1. The number of nitrogens with zero attached hydrogens (tertiary/aromatic N) is 2. The lowest BCUT2D eigenvalue weighted by Crippen LogP contribution is -2.37. The molecule has 2 aromatic rings. The van der Waals surface area contributed by atoms with Crippen LogP contribution < -0.4 is 9.64 Å². The Balaban J connectivity index is 1.64. The van der Waals surface area contributed by atoms with Crippen molar-refractivity contribution in [2.24, 2.45) is 4.99 Å². The van der Waals surface area contributed by atoms with E-state index < -0.39 is 9.84 Å². The van der Waals surface area contributed by atoms with Gasteiger partial charge in [0.15, 0.2) is 15.0 Å². The SMILES string of the molecule is COc1cccc(N2C(=NC(=O)Cc3ccc(F)cc3)S[C@@H]3CS(=O)(=O)C[C@@H]32)c1. The predicted octanol–water partition coefficient (Wildman–Crippen LogP) is 2.68. The van der Waals surface area contributed by atoms with Crippen molar-refractivity contribution in [2.45, 2.75) is 17.7 Å². The van der Waals surface area contributed by atoms with Gasteiger partial charge in [-0.25, -0.2) is 12.8 Å². The van der Waals surface area contributed by atoms with E-state index in [-0.39, 0.29) is 40.9 Å². The molecule has 2 aliphatic rings. The first-order valence-corrected chi connectivity index (χ1v) is 11.7. The monoisotopic (exact) mass is 434 g/mol. The Hall–Kier alpha value is -2.39. The van der Waals surface area contributed by atoms with Crippen molar-refractivity contribution in [3.8, 4) is 5.75 Å². The van der Waals surface area contributed by atoms with Crippen LogP contribution in [0.25, 0.3) is 0 Å². The number of carbonyl (C=O) groups is 1. The maximum Gasteiger partial charge on any atom is 0.252 e. The van der Waals surface area contributed by atoms with Crippen molar-refractivity contribution >= 4 is 38.4 Å². The summed E-state index contributed by atoms with van der Waals surface area (Å²) in [7, 11) is -1.58. The number of methoxy groups -OCH3 is 1. The number of sulfone groups is 1. The van der Waals surface area contributed by atoms with Crippen LogP contribution >= 0.6 is 11.8 Å². The van der Waals surface area contributed by atoms with E-state index in [9.17, 15) is 17.6 Å². The lowest BCUT2D eigenvalue weighted by molar-refractivity contribution is -0.117. The highest BCUT2D eigenvalue weighted by Gasteiger charge is 2.49. The van der Waals surface area contributed by atoms with E-state index in [1.165, 1.54) is 23.9 Å². The Kier molecular flexibility index (Phi) is 5.35. The quantitative estimate of drug-likeness (QED) is 0.737. The van der Waals surface area contributed by atoms with Gasteiger partial charge in [-0.2, -0.15) is 4.99 Å². The summed E-state index contributed by atoms with van der Waals surface area (Å²) < 4.78 is 42.6. The zero-order valence-electron chi connectivity index (χ0n) is 15.6. The molecule has 2 heterocycles. The Labute approximate surface area is 172 Å². The topological polar surface area (TPSA) is 76.0 Å². The molecule has 2 fully saturated rings. The molecule has 6 nitrogen and oxygen atoms in total. The van der Waals surface area contributed by atoms with Gasteiger partial charge in [-0.1, -0.05) is 30.0 Å². The van der Waals surface area contributed by atoms with Crippen LogP contribution in [-0.4, -0.2) is 49.4 Å². The van der Waals surface area contributed by atoms with Gasteiger partial charge in [-0.15, -0.1) is 0 Å². The van der Waals surface area contributed by atoms with Crippen LogP contribution in [-0.2, 0) is 21.1 Å². The van der Waals surface area contributed by atoms with Gasteiger partial charge >= 0.3 is 0 Å². The van der Waals surface area contributed by atoms with Gasteiger partial charge in [0.25, 0.3) is 5.91 Å². The fourth-order valence-corrected chi connectivity index (χ4v) is 7.48. The fourth-order valence-electron chi connectivity index (χ4n) is 3.55. The second-order valence-corrected chi connectivity index (χ2v) is 10.3. The zero-order valence-corrected chi connectivity index (χ0v) is 17.2. The molecule has 9 heteroatoms. The molecule has 0 bridgehead atoms. The predicted molar refractivity (Wildman–Crippen MR) is 112 cm³/mol. The van der Waals surface area contributed by atoms with E-state index in [0.717, 1.165) is 5.69 Å². The molecule has 0 saturated carbocycles. The molecule has 29 heavy (non-hydrogen) atoms. The number of halogens is 1. The van der Waals surface area contributed by atoms with E-state index in [4.69, 9.17) is 4.74 Å². The molecule has 2 saturated heterocycles. The van der Waals surface area contributed by atoms with E-state index in [2.05, 4.69) is 4.99 Å². The lowest BCUT2D eigenvalue weighted by Gasteiger charge is -2.24. The van der Waals surface area contributed by atoms with E-state index in [1.807, 2.05) is 17.0 Å². The second-order valence-electron chi connectivity index (χ2n) is 6.96. The molecule has 0 radical (unpaired) electrons. The van der Waals surface area contributed by atoms with E-state index in [1.54, 1.807) is 31.4 Å². The molecule has 0 aliphatic carbocycles. The van der Waals surface area contributed by atoms with Gasteiger partial charge in [0.1, 0.15) is 11.6 Å². The van der Waals surface area contributed by atoms with Crippen LogP contribution in [0, 0.1) is 5.82 Å². The number of rotatable bonds is 4. The Morgan fingerprint density at radius 2 is 2.00 bits per heavy atom. The maximum atomic E-state index is 13.1. The van der Waals surface area contributed by atoms with Gasteiger partial charge in [0.2, 0.25) is 0 Å². The largest absolute Gasteiger partial charge is 0.497 e. The molecule has 0 aromatic heterocycles. The highest BCUT2D eigenvalue weighted by Crippen LogP contribution is 2.41. The molecule has 2 aliphatic heterocycles. The third-order valence-electron chi connectivity index (χ3n) is 4.89. The van der Waals surface area contributed by atoms with E-state index in [0.29, 0.717) is 16.5 Å². The number of thioether (sulfide) groups is 1. The zero-order chi connectivity index (χ0) is 20.6. The van der Waals surface area contributed by atoms with Crippen LogP contribution in [0.15, 0.2) is 53.5 Å². The normalized spacial score (nSPS) is 23.9. The molecule has 4 rings (SSSR count). The molecule has 2 aromatic carbocycles. The number of benzene rings is 2. The highest BCUT2D eigenvalue weighted by molar-refractivity contribution is 8.16. The van der Waals surface area contributed by atoms with Gasteiger partial charge in [-0.05, 0) is 29.8 Å². The molecular formula is C20H19FN2O4S2. The second kappa shape index (κ2) is 7.79. The number of aliphatic imine (C=N–C) groups is 1. The van der Waals surface area contributed by atoms with Crippen molar-refractivity contribution in [3.05, 3.63) is 59.9 Å². The van der Waals surface area contributed by atoms with Crippen molar-refractivity contribution in [2.75, 3.05) is 23.5 Å². The van der Waals surface area contributed by atoms with Crippen LogP contribution in [0.4, 0.5) is 10.1 Å². The number of carbonyl (C=O) groups excluding carboxylic acids is 1. The summed E-state index contributed by atoms with van der Waals surface area (Å²) in [5.74, 6) is -0.0122. The molecule has 0 N–H and O–H groups in total. The van der Waals surface area contributed by atoms with Crippen molar-refractivity contribution in [1.82, 2.24) is 0 Å². The minimum absolute atomic E-state index is 0.0209. The molecule has 0 spiro atoms. The number of hydrogen-bond acceptors (Lipinski definition) is 5. The smallest absolute Gasteiger partial charge is 0.252 e. The summed E-state index contributed by atoms with van der Waals surface area (Å²) in [6.45, 7) is 0. The molecular weight excluding hydrogens is 415 g/mol. The Bertz CT molecular complexity index is 1070. The molecule has 2 atom stereocenters. The Morgan fingerprint density at radius 1 is 1.24 bits per heavy atom. The minimum atomic E-state index is -3.14. The summed E-state index contributed by atoms with van der Waals surface area (Å²) >= 11 is 1.32. The number of amides is 1. The van der Waals surface area contributed by atoms with Crippen LogP contribution in [0.2, 0.25) is 0 Å². The summed E-state index contributed by atoms with van der Waals surface area (Å²) in [6, 6.07) is 12.7. The lowest BCUT2D eigenvalue weighted by atomic mass is 10.1. The van der Waals surface area contributed by atoms with Crippen molar-refractivity contribution in [1.29, 1.82) is 0 Å². The highest BCUT2D eigenvalue weighted by atomic mass is 32.2. The van der Waals surface area contributed by atoms with Crippen LogP contribution in [0.3, 0.4) is 0 Å². The standard InChI is InChI=1S/C20H19FN2O4S2/c1-27-16-4-2-3-15(10-16)23-17-11-29(25,26)12-18(17)28-20(23)22-19(24)9-13-5-7-14(21)8-6-13/h2-8,10,17-18H,9,11-12H2,1H3/t17-,18+/m0/s1. The summed E-state index contributed by atoms with van der Waals surface area (Å²) in [5, 5.41) is 0.304. The molecule has 0 unspecified atom stereocenters. The van der Waals surface area contributed by atoms with Crippen LogP contribution in [0.1, 0.15) is 5.56 Å². The third kappa shape index (κ3) is 4.30. The summed E-state index contributed by atoms with van der Waals surface area (Å²) in [5.41, 5.74) is 1.40. The summed E-state index contributed by atoms with van der Waals surface area (Å²) in [6.07, 6.45) is 0.0456. The third-order valence-corrected chi connectivity index (χ3v) is 8.10. The average Bonchev–Trinajstić information content (AvgIpc) is 3.14. The average molecular weight is 435 g/mol. The van der Waals surface area contributed by atoms with Gasteiger partial charge < -0.3 is 9.64 Å². The van der Waals surface area contributed by atoms with Gasteiger partial charge in [-0.3, -0.25) is 4.79 Å². The van der Waals surface area contributed by atoms with Gasteiger partial charge in [0.05, 0.1) is 31.1 Å². The van der Waals surface area contributed by atoms with Crippen LogP contribution in [0.5, 0.6) is 5.75 Å². The first kappa shape index (κ1) is 19.9. The summed E-state index contributed by atoms with van der Waals surface area (Å²) in [4.78, 5) is 18.6. The fraction of sp³-hybridized carbons (Fsp3) is 0.300. The number of amidine groups is 1. The minimum Gasteiger partial charge on any atom is -0.497 e. The number of anilines is 1. The molecule has 1 amide bonds. The van der Waals surface area contributed by atoms with Gasteiger partial charge in [0, 0.05) is 17.0 Å². The van der Waals surface area contributed by atoms with Crippen molar-refractivity contribution < 1.29 is 22.3 Å². The Morgan fingerprint density at radius 3 is 2.72 bits per heavy atom. The number of ether oxygens (including phenoxy) is 1. The van der Waals surface area contributed by atoms with Crippen molar-refractivity contribution in [3.63, 3.8) is 0 Å². The first-order chi connectivity index (χ1) is 13.8. The first-order valence-electron chi connectivity index (χ1n) is 9.01. The maximum absolute atomic E-state index is 13.1. The molecule has 152 valence electrons. The van der Waals surface area contributed by atoms with E-state index >= 15 is 0 Å².